The molecule has 0 saturated carbocycles. The van der Waals surface area contributed by atoms with Gasteiger partial charge in [-0.15, -0.1) is 0 Å². The fourth-order valence-corrected chi connectivity index (χ4v) is 11.3. The first kappa shape index (κ1) is 20.6. The van der Waals surface area contributed by atoms with Crippen LogP contribution in [-0.2, 0) is 27.7 Å². The van der Waals surface area contributed by atoms with Gasteiger partial charge in [-0.05, 0) is 0 Å². The minimum atomic E-state index is -1.90. The van der Waals surface area contributed by atoms with E-state index in [0.717, 1.165) is 6.42 Å². The van der Waals surface area contributed by atoms with Crippen LogP contribution in [0.15, 0.2) is 63.5 Å². The molecule has 2 aliphatic rings. The molecule has 3 heteroatoms. The minimum Gasteiger partial charge on any atom is -1.00 e. The number of hydrogen-bond acceptors (Lipinski definition) is 0. The normalized spacial score (nSPS) is 13.4. The number of fused-ring (bicyclic) bond motifs is 3. The summed E-state index contributed by atoms with van der Waals surface area (Å²) in [5, 5.41) is 0. The summed E-state index contributed by atoms with van der Waals surface area (Å²) in [5.74, 6) is 0. The molecule has 2 aliphatic carbocycles. The molecule has 128 valence electrons. The van der Waals surface area contributed by atoms with E-state index >= 15 is 0 Å². The maximum absolute atomic E-state index is 2.48. The standard InChI is InChI=1S/C13H9.C6H7.C3H6.2ClH.Zr/c1-3-7-12-10(5-1)9-11-6-2-4-8-13(11)12;1-6-4-2-3-5-6;1-3-2;;;/h1-5,7-8H,9H2;4-5H,2H2,1H3;1-2H3;2*1H;/q;;;;;+2/p-2. The fraction of sp³-hybridized carbons (Fsp3) is 0.227. The first-order valence-corrected chi connectivity index (χ1v) is 12.1. The van der Waals surface area contributed by atoms with Crippen LogP contribution in [0.1, 0.15) is 38.3 Å². The first-order chi connectivity index (χ1) is 11.1. The van der Waals surface area contributed by atoms with Crippen molar-refractivity contribution >= 4 is 6.48 Å². The SMILES string of the molecule is CC1=CC[C]([Zr+2](=[C](C)C)[c]2cccc3c2Cc2ccccc2-3)=C1.[Cl-].[Cl-]. The van der Waals surface area contributed by atoms with Crippen molar-refractivity contribution in [2.24, 2.45) is 0 Å². The molecule has 0 heterocycles. The summed E-state index contributed by atoms with van der Waals surface area (Å²) < 4.78 is 5.14. The number of rotatable bonds is 2. The number of benzene rings is 2. The molecule has 4 rings (SSSR count). The van der Waals surface area contributed by atoms with Crippen molar-refractivity contribution in [1.82, 2.24) is 0 Å². The summed E-state index contributed by atoms with van der Waals surface area (Å²) in [6, 6.07) is 16.0. The molecule has 0 radical (unpaired) electrons. The van der Waals surface area contributed by atoms with Crippen LogP contribution < -0.4 is 28.1 Å². The average Bonchev–Trinajstić information content (AvgIpc) is 3.11. The molecule has 0 unspecified atom stereocenters. The van der Waals surface area contributed by atoms with Crippen LogP contribution >= 0.6 is 0 Å². The van der Waals surface area contributed by atoms with Gasteiger partial charge in [-0.3, -0.25) is 0 Å². The maximum atomic E-state index is 2.48. The van der Waals surface area contributed by atoms with Gasteiger partial charge >= 0.3 is 147 Å². The van der Waals surface area contributed by atoms with Gasteiger partial charge in [0.2, 0.25) is 0 Å². The summed E-state index contributed by atoms with van der Waals surface area (Å²) in [7, 11) is 0. The zero-order valence-electron chi connectivity index (χ0n) is 14.9. The Balaban J connectivity index is 0.00000113. The van der Waals surface area contributed by atoms with E-state index in [9.17, 15) is 0 Å². The first-order valence-electron chi connectivity index (χ1n) is 8.41. The Morgan fingerprint density at radius 1 is 0.920 bits per heavy atom. The molecule has 0 nitrogen and oxygen atoms in total. The summed E-state index contributed by atoms with van der Waals surface area (Å²) in [5.41, 5.74) is 7.52. The number of halogens is 2. The van der Waals surface area contributed by atoms with Crippen LogP contribution in [0.5, 0.6) is 0 Å². The minimum absolute atomic E-state index is 0. The Kier molecular flexibility index (Phi) is 6.82. The monoisotopic (exact) mass is 446 g/mol. The quantitative estimate of drug-likeness (QED) is 0.470. The Morgan fingerprint density at radius 2 is 1.64 bits per heavy atom. The predicted octanol–water partition coefficient (Wildman–Crippen LogP) is -1.04. The Labute approximate surface area is 171 Å². The van der Waals surface area contributed by atoms with Gasteiger partial charge in [0, 0.05) is 0 Å². The zero-order chi connectivity index (χ0) is 16.0. The van der Waals surface area contributed by atoms with Gasteiger partial charge < -0.3 is 24.8 Å². The van der Waals surface area contributed by atoms with Crippen LogP contribution in [0.2, 0.25) is 0 Å². The third-order valence-electron chi connectivity index (χ3n) is 4.99. The van der Waals surface area contributed by atoms with Crippen molar-refractivity contribution in [3.63, 3.8) is 0 Å². The molecule has 2 aromatic carbocycles. The van der Waals surface area contributed by atoms with Gasteiger partial charge in [-0.25, -0.2) is 0 Å². The van der Waals surface area contributed by atoms with E-state index in [4.69, 9.17) is 0 Å². The molecule has 0 aliphatic heterocycles. The summed E-state index contributed by atoms with van der Waals surface area (Å²) in [6.45, 7) is 6.97. The predicted molar refractivity (Wildman–Crippen MR) is 97.1 cm³/mol. The van der Waals surface area contributed by atoms with E-state index in [0.29, 0.717) is 0 Å². The third kappa shape index (κ3) is 3.70. The number of allylic oxidation sites excluding steroid dienone is 4. The second-order valence-electron chi connectivity index (χ2n) is 6.86. The van der Waals surface area contributed by atoms with Crippen LogP contribution in [0.3, 0.4) is 0 Å². The van der Waals surface area contributed by atoms with Gasteiger partial charge in [0.05, 0.1) is 0 Å². The largest absolute Gasteiger partial charge is 1.00 e. The smallest absolute Gasteiger partial charge is 1.00 e. The summed E-state index contributed by atoms with van der Waals surface area (Å²) >= 11 is -1.90. The molecular weight excluding hydrogens is 426 g/mol. The van der Waals surface area contributed by atoms with Crippen molar-refractivity contribution < 1.29 is 46.1 Å². The third-order valence-corrected chi connectivity index (χ3v) is 12.4. The Hall–Kier alpha value is -0.747. The molecule has 25 heavy (non-hydrogen) atoms. The van der Waals surface area contributed by atoms with Gasteiger partial charge in [0.15, 0.2) is 0 Å². The molecule has 0 saturated heterocycles. The molecule has 2 aromatic rings. The van der Waals surface area contributed by atoms with Gasteiger partial charge in [0.1, 0.15) is 0 Å². The van der Waals surface area contributed by atoms with Gasteiger partial charge in [-0.2, -0.15) is 0 Å². The van der Waals surface area contributed by atoms with Gasteiger partial charge in [0.25, 0.3) is 0 Å². The molecule has 0 spiro atoms. The van der Waals surface area contributed by atoms with E-state index < -0.39 is 21.3 Å². The van der Waals surface area contributed by atoms with E-state index in [1.165, 1.54) is 28.7 Å². The molecular formula is C22H22Cl2Zr. The van der Waals surface area contributed by atoms with Crippen LogP contribution in [-0.4, -0.2) is 3.21 Å². The van der Waals surface area contributed by atoms with Crippen molar-refractivity contribution in [1.29, 1.82) is 0 Å². The summed E-state index contributed by atoms with van der Waals surface area (Å²) in [4.78, 5) is 0. The van der Waals surface area contributed by atoms with Crippen molar-refractivity contribution in [3.8, 4) is 11.1 Å². The molecule has 0 atom stereocenters. The average molecular weight is 449 g/mol. The van der Waals surface area contributed by atoms with Crippen molar-refractivity contribution in [2.75, 3.05) is 0 Å². The van der Waals surface area contributed by atoms with Crippen LogP contribution in [0.25, 0.3) is 11.1 Å². The molecule has 0 aromatic heterocycles. The summed E-state index contributed by atoms with van der Waals surface area (Å²) in [6.07, 6.45) is 7.18. The van der Waals surface area contributed by atoms with Crippen LogP contribution in [0, 0.1) is 0 Å². The van der Waals surface area contributed by atoms with E-state index in [1.54, 1.807) is 15.3 Å². The second-order valence-corrected chi connectivity index (χ2v) is 14.1. The molecule has 0 N–H and O–H groups in total. The molecule has 0 fully saturated rings. The fourth-order valence-electron chi connectivity index (χ4n) is 3.99. The van der Waals surface area contributed by atoms with Crippen molar-refractivity contribution in [3.05, 3.63) is 74.6 Å². The van der Waals surface area contributed by atoms with E-state index in [1.807, 2.05) is 0 Å². The second kappa shape index (κ2) is 8.30. The number of hydrogen-bond donors (Lipinski definition) is 0. The van der Waals surface area contributed by atoms with Gasteiger partial charge in [-0.1, -0.05) is 0 Å². The van der Waals surface area contributed by atoms with Crippen molar-refractivity contribution in [2.45, 2.75) is 33.6 Å². The maximum Gasteiger partial charge on any atom is -1.00 e. The zero-order valence-corrected chi connectivity index (χ0v) is 18.8. The Morgan fingerprint density at radius 3 is 2.32 bits per heavy atom. The topological polar surface area (TPSA) is 0 Å². The van der Waals surface area contributed by atoms with Crippen LogP contribution in [0.4, 0.5) is 0 Å². The molecule has 0 amide bonds. The Bertz CT molecular complexity index is 900. The molecule has 0 bridgehead atoms. The van der Waals surface area contributed by atoms with E-state index in [-0.39, 0.29) is 24.8 Å². The van der Waals surface area contributed by atoms with E-state index in [2.05, 4.69) is 75.4 Å².